The van der Waals surface area contributed by atoms with E-state index in [1.54, 1.807) is 9.80 Å². The molecule has 0 radical (unpaired) electrons. The molecular weight excluding hydrogens is 497 g/mol. The molecule has 1 saturated heterocycles. The molecule has 13 heteroatoms. The first kappa shape index (κ1) is 33.4. The van der Waals surface area contributed by atoms with Gasteiger partial charge in [0, 0.05) is 12.6 Å². The Morgan fingerprint density at radius 1 is 1.21 bits per heavy atom. The molecule has 1 aliphatic rings. The Morgan fingerprint density at radius 2 is 1.68 bits per heavy atom. The van der Waals surface area contributed by atoms with Gasteiger partial charge in [-0.3, -0.25) is 4.57 Å². The summed E-state index contributed by atoms with van der Waals surface area (Å²) in [7, 11) is 0. The van der Waals surface area contributed by atoms with E-state index in [9.17, 15) is 14.8 Å². The van der Waals surface area contributed by atoms with Gasteiger partial charge in [-0.1, -0.05) is 0 Å². The lowest BCUT2D eigenvalue weighted by molar-refractivity contribution is -0.894. The van der Waals surface area contributed by atoms with Gasteiger partial charge in [-0.2, -0.15) is 4.98 Å². The maximum atomic E-state index is 11.7. The molecule has 1 aromatic heterocycles. The second-order valence-corrected chi connectivity index (χ2v) is 12.6. The standard InChI is InChI=1S/C9H14N3O5PS2.2C6H15N/c10-7-1-2-12(9(14)11-7)8-3-5(13)6(17-8)4-16-18(15,19)20;2*1-4-7(5-2)6-3/h1-2,5-6,8,13H,3-4H2,(H2,10,11,14)(H2,15,19,20);2*4-6H2,1-3H3/t5-,6+,8+;;/m0../s1. The summed E-state index contributed by atoms with van der Waals surface area (Å²) in [6, 6.07) is 1.45. The number of aromatic nitrogens is 2. The number of rotatable bonds is 10. The molecule has 2 heterocycles. The van der Waals surface area contributed by atoms with E-state index < -0.39 is 29.8 Å². The number of anilines is 1. The van der Waals surface area contributed by atoms with Crippen molar-refractivity contribution in [3.05, 3.63) is 22.7 Å². The van der Waals surface area contributed by atoms with Gasteiger partial charge in [-0.05, 0) is 47.6 Å². The van der Waals surface area contributed by atoms with Crippen LogP contribution in [0.3, 0.4) is 0 Å². The van der Waals surface area contributed by atoms with Crippen molar-refractivity contribution in [3.8, 4) is 0 Å². The predicted molar refractivity (Wildman–Crippen MR) is 140 cm³/mol. The van der Waals surface area contributed by atoms with Crippen LogP contribution in [0.25, 0.3) is 0 Å². The van der Waals surface area contributed by atoms with Crippen LogP contribution < -0.4 is 26.1 Å². The van der Waals surface area contributed by atoms with Gasteiger partial charge in [0.1, 0.15) is 18.1 Å². The number of aliphatic hydroxyl groups excluding tert-OH is 1. The Labute approximate surface area is 214 Å². The topological polar surface area (TPSA) is 132 Å². The minimum Gasteiger partial charge on any atom is -0.819 e. The van der Waals surface area contributed by atoms with Gasteiger partial charge < -0.3 is 47.0 Å². The lowest BCUT2D eigenvalue weighted by Crippen LogP contribution is -3.11. The van der Waals surface area contributed by atoms with Crippen LogP contribution in [-0.2, 0) is 33.3 Å². The van der Waals surface area contributed by atoms with Crippen molar-refractivity contribution in [2.75, 3.05) is 51.6 Å². The highest BCUT2D eigenvalue weighted by atomic mass is 32.9. The third-order valence-corrected chi connectivity index (χ3v) is 6.86. The number of nitrogens with one attached hydrogen (secondary N) is 2. The number of nitrogen functional groups attached to an aromatic ring is 1. The minimum atomic E-state index is -3.47. The number of ether oxygens (including phenoxy) is 1. The fourth-order valence-corrected chi connectivity index (χ4v) is 4.04. The molecule has 200 valence electrons. The molecule has 0 aliphatic carbocycles. The normalized spacial score (nSPS) is 21.4. The van der Waals surface area contributed by atoms with E-state index in [1.165, 1.54) is 56.1 Å². The highest BCUT2D eigenvalue weighted by Gasteiger charge is 2.35. The summed E-state index contributed by atoms with van der Waals surface area (Å²) in [6.45, 7) is 20.8. The molecule has 1 aromatic rings. The maximum absolute atomic E-state index is 11.7. The van der Waals surface area contributed by atoms with Gasteiger partial charge in [0.15, 0.2) is 0 Å². The molecule has 0 saturated carbocycles. The van der Waals surface area contributed by atoms with E-state index in [0.29, 0.717) is 0 Å². The quantitative estimate of drug-likeness (QED) is 0.206. The molecule has 0 bridgehead atoms. The van der Waals surface area contributed by atoms with Gasteiger partial charge in [0.2, 0.25) is 0 Å². The number of nitrogens with two attached hydrogens (primary N) is 1. The molecule has 0 aromatic carbocycles. The highest BCUT2D eigenvalue weighted by molar-refractivity contribution is 8.50. The van der Waals surface area contributed by atoms with Crippen molar-refractivity contribution < 1.29 is 29.1 Å². The van der Waals surface area contributed by atoms with E-state index in [0.717, 1.165) is 0 Å². The molecule has 4 atom stereocenters. The average Bonchev–Trinajstić information content (AvgIpc) is 3.15. The number of nitrogens with zero attached hydrogens (tertiary/aromatic N) is 2. The Hall–Kier alpha value is -0.560. The summed E-state index contributed by atoms with van der Waals surface area (Å²) >= 11 is 8.90. The second kappa shape index (κ2) is 17.8. The number of hydrogen-bond donors (Lipinski definition) is 4. The van der Waals surface area contributed by atoms with Crippen molar-refractivity contribution in [2.45, 2.75) is 66.4 Å². The van der Waals surface area contributed by atoms with Crippen LogP contribution in [0.2, 0.25) is 0 Å². The summed E-state index contributed by atoms with van der Waals surface area (Å²) in [5.41, 5.74) is 1.33. The third-order valence-electron chi connectivity index (χ3n) is 5.76. The number of quaternary nitrogens is 2. The zero-order valence-electron chi connectivity index (χ0n) is 21.4. The van der Waals surface area contributed by atoms with Crippen molar-refractivity contribution in [1.29, 1.82) is 0 Å². The molecule has 1 aliphatic heterocycles. The molecule has 2 rings (SSSR count). The van der Waals surface area contributed by atoms with Crippen molar-refractivity contribution in [3.63, 3.8) is 0 Å². The van der Waals surface area contributed by atoms with Crippen LogP contribution in [0, 0.1) is 0 Å². The van der Waals surface area contributed by atoms with Crippen LogP contribution in [0.4, 0.5) is 5.82 Å². The fraction of sp³-hybridized carbons (Fsp3) is 0.810. The van der Waals surface area contributed by atoms with Crippen LogP contribution in [0.15, 0.2) is 17.1 Å². The molecule has 0 spiro atoms. The first-order valence-electron chi connectivity index (χ1n) is 12.0. The van der Waals surface area contributed by atoms with Crippen LogP contribution >= 0.6 is 5.69 Å². The summed E-state index contributed by atoms with van der Waals surface area (Å²) in [6.07, 6.45) is -0.756. The Bertz CT molecular complexity index is 751. The zero-order valence-corrected chi connectivity index (χ0v) is 23.9. The molecule has 5 N–H and O–H groups in total. The van der Waals surface area contributed by atoms with Gasteiger partial charge in [0.25, 0.3) is 0 Å². The van der Waals surface area contributed by atoms with Gasteiger partial charge in [-0.15, -0.1) is 17.5 Å². The highest BCUT2D eigenvalue weighted by Crippen LogP contribution is 2.36. The van der Waals surface area contributed by atoms with E-state index >= 15 is 0 Å². The van der Waals surface area contributed by atoms with Crippen molar-refractivity contribution in [2.24, 2.45) is 0 Å². The summed E-state index contributed by atoms with van der Waals surface area (Å²) in [5.74, 6) is 0.0998. The molecule has 1 unspecified atom stereocenters. The number of aliphatic hydroxyl groups is 1. The molecule has 1 fully saturated rings. The zero-order chi connectivity index (χ0) is 26.3. The van der Waals surface area contributed by atoms with Crippen molar-refractivity contribution in [1.82, 2.24) is 9.55 Å². The fourth-order valence-electron chi connectivity index (χ4n) is 3.35. The Balaban J connectivity index is 0.000000642. The average molecular weight is 542 g/mol. The van der Waals surface area contributed by atoms with Gasteiger partial charge >= 0.3 is 5.69 Å². The predicted octanol–water partition coefficient (Wildman–Crippen LogP) is -1.52. The van der Waals surface area contributed by atoms with E-state index in [1.807, 2.05) is 0 Å². The maximum Gasteiger partial charge on any atom is 0.351 e. The summed E-state index contributed by atoms with van der Waals surface area (Å²) in [4.78, 5) is 29.7. The first-order chi connectivity index (χ1) is 16.0. The van der Waals surface area contributed by atoms with Gasteiger partial charge in [0.05, 0.1) is 52.0 Å². The van der Waals surface area contributed by atoms with Crippen LogP contribution in [-0.4, -0.2) is 72.7 Å². The molecule has 0 amide bonds. The van der Waals surface area contributed by atoms with E-state index in [4.69, 9.17) is 15.0 Å². The lowest BCUT2D eigenvalue weighted by Gasteiger charge is -2.36. The SMILES string of the molecule is CC[NH+](CC)CC.CC[NH+](CC)CC.Nc1ccn([C@H]2C[C@H](O)[C@@H](COP([O-])(=S)[S-])O2)c(=O)n1. The smallest absolute Gasteiger partial charge is 0.351 e. The minimum absolute atomic E-state index is 0.0998. The van der Waals surface area contributed by atoms with E-state index in [2.05, 4.69) is 70.6 Å². The van der Waals surface area contributed by atoms with Crippen LogP contribution in [0.1, 0.15) is 54.2 Å². The third kappa shape index (κ3) is 13.5. The van der Waals surface area contributed by atoms with E-state index in [-0.39, 0.29) is 18.8 Å². The molecule has 10 nitrogen and oxygen atoms in total. The summed E-state index contributed by atoms with van der Waals surface area (Å²) < 4.78 is 11.5. The largest absolute Gasteiger partial charge is 0.819 e. The molecular formula is C21H44N5O5PS2. The van der Waals surface area contributed by atoms with Crippen molar-refractivity contribution >= 4 is 35.6 Å². The monoisotopic (exact) mass is 541 g/mol. The number of hydrogen-bond acceptors (Lipinski definition) is 9. The molecule has 34 heavy (non-hydrogen) atoms. The first-order valence-corrected chi connectivity index (χ1v) is 15.6. The Kier molecular flexibility index (Phi) is 17.5. The second-order valence-electron chi connectivity index (χ2n) is 7.84. The summed E-state index contributed by atoms with van der Waals surface area (Å²) in [5, 5.41) is 9.84. The van der Waals surface area contributed by atoms with Crippen LogP contribution in [0.5, 0.6) is 0 Å². The lowest BCUT2D eigenvalue weighted by atomic mass is 10.2. The van der Waals surface area contributed by atoms with Gasteiger partial charge in [-0.25, -0.2) is 4.79 Å². The Morgan fingerprint density at radius 3 is 2.03 bits per heavy atom.